The van der Waals surface area contributed by atoms with Crippen molar-refractivity contribution < 1.29 is 14.4 Å². The van der Waals surface area contributed by atoms with E-state index in [1.165, 1.54) is 4.90 Å². The zero-order chi connectivity index (χ0) is 19.8. The number of benzene rings is 1. The minimum absolute atomic E-state index is 0.0408. The van der Waals surface area contributed by atoms with Crippen molar-refractivity contribution in [3.05, 3.63) is 29.8 Å². The fraction of sp³-hybridized carbons (Fsp3) is 0.550. The molecule has 1 saturated heterocycles. The molecule has 2 amide bonds. The number of nitrogens with one attached hydrogen (secondary N) is 1. The maximum Gasteiger partial charge on any atom is 0.239 e. The molecular formula is C20H30N4O3. The van der Waals surface area contributed by atoms with Gasteiger partial charge in [0.2, 0.25) is 11.8 Å². The van der Waals surface area contributed by atoms with Crippen LogP contribution < -0.4 is 10.2 Å². The van der Waals surface area contributed by atoms with E-state index >= 15 is 0 Å². The Morgan fingerprint density at radius 2 is 1.70 bits per heavy atom. The van der Waals surface area contributed by atoms with E-state index in [4.69, 9.17) is 0 Å². The van der Waals surface area contributed by atoms with Crippen LogP contribution in [0.4, 0.5) is 5.69 Å². The molecule has 1 heterocycles. The first-order valence-electron chi connectivity index (χ1n) is 9.49. The van der Waals surface area contributed by atoms with Crippen molar-refractivity contribution in [2.45, 2.75) is 20.3 Å². The predicted octanol–water partition coefficient (Wildman–Crippen LogP) is 0.996. The van der Waals surface area contributed by atoms with E-state index in [9.17, 15) is 14.4 Å². The molecule has 0 atom stereocenters. The van der Waals surface area contributed by atoms with E-state index in [1.54, 1.807) is 14.0 Å². The Kier molecular flexibility index (Phi) is 7.79. The third kappa shape index (κ3) is 6.36. The second-order valence-electron chi connectivity index (χ2n) is 6.97. The van der Waals surface area contributed by atoms with Crippen LogP contribution in [0.3, 0.4) is 0 Å². The number of hydrogen-bond donors (Lipinski definition) is 1. The standard InChI is InChI=1S/C20H30N4O3/c1-4-9-21-19(26)14-22(3)20(27)15-23-10-12-24(13-11-23)18-7-5-17(6-8-18)16(2)25/h5-8H,4,9-15H2,1-3H3,(H,21,26). The first kappa shape index (κ1) is 20.9. The molecule has 1 fully saturated rings. The minimum atomic E-state index is -0.119. The van der Waals surface area contributed by atoms with Crippen LogP contribution in [0.15, 0.2) is 24.3 Å². The van der Waals surface area contributed by atoms with Gasteiger partial charge >= 0.3 is 0 Å². The van der Waals surface area contributed by atoms with Crippen LogP contribution in [-0.4, -0.2) is 80.3 Å². The normalized spacial score (nSPS) is 14.7. The molecule has 1 N–H and O–H groups in total. The van der Waals surface area contributed by atoms with Crippen LogP contribution in [0.5, 0.6) is 0 Å². The van der Waals surface area contributed by atoms with E-state index < -0.39 is 0 Å². The van der Waals surface area contributed by atoms with Gasteiger partial charge in [-0.3, -0.25) is 19.3 Å². The Bertz CT molecular complexity index is 652. The first-order valence-corrected chi connectivity index (χ1v) is 9.49. The molecule has 0 aromatic heterocycles. The molecule has 2 rings (SSSR count). The van der Waals surface area contributed by atoms with E-state index in [0.717, 1.165) is 38.3 Å². The van der Waals surface area contributed by atoms with Gasteiger partial charge in [-0.25, -0.2) is 0 Å². The lowest BCUT2D eigenvalue weighted by Crippen LogP contribution is -2.50. The number of piperazine rings is 1. The Balaban J connectivity index is 1.77. The highest BCUT2D eigenvalue weighted by Crippen LogP contribution is 2.17. The largest absolute Gasteiger partial charge is 0.369 e. The lowest BCUT2D eigenvalue weighted by atomic mass is 10.1. The van der Waals surface area contributed by atoms with Crippen LogP contribution in [0, 0.1) is 0 Å². The van der Waals surface area contributed by atoms with Crippen molar-refractivity contribution in [1.82, 2.24) is 15.1 Å². The molecular weight excluding hydrogens is 344 g/mol. The third-order valence-electron chi connectivity index (χ3n) is 4.75. The number of amides is 2. The number of anilines is 1. The quantitative estimate of drug-likeness (QED) is 0.687. The average Bonchev–Trinajstić information content (AvgIpc) is 2.67. The van der Waals surface area contributed by atoms with Gasteiger partial charge in [0.1, 0.15) is 0 Å². The molecule has 1 aromatic carbocycles. The van der Waals surface area contributed by atoms with Gasteiger partial charge in [-0.15, -0.1) is 0 Å². The van der Waals surface area contributed by atoms with Gasteiger partial charge in [0.05, 0.1) is 13.1 Å². The fourth-order valence-corrected chi connectivity index (χ4v) is 3.01. The summed E-state index contributed by atoms with van der Waals surface area (Å²) in [7, 11) is 1.67. The number of Topliss-reactive ketones (excluding diaryl/α,β-unsaturated/α-hetero) is 1. The van der Waals surface area contributed by atoms with E-state index in [-0.39, 0.29) is 24.1 Å². The fourth-order valence-electron chi connectivity index (χ4n) is 3.01. The Morgan fingerprint density at radius 1 is 1.07 bits per heavy atom. The van der Waals surface area contributed by atoms with E-state index in [1.807, 2.05) is 31.2 Å². The average molecular weight is 374 g/mol. The molecule has 148 valence electrons. The molecule has 7 nitrogen and oxygen atoms in total. The molecule has 27 heavy (non-hydrogen) atoms. The zero-order valence-corrected chi connectivity index (χ0v) is 16.5. The maximum atomic E-state index is 12.3. The summed E-state index contributed by atoms with van der Waals surface area (Å²) in [4.78, 5) is 41.3. The monoisotopic (exact) mass is 374 g/mol. The zero-order valence-electron chi connectivity index (χ0n) is 16.5. The first-order chi connectivity index (χ1) is 12.9. The van der Waals surface area contributed by atoms with Crippen molar-refractivity contribution in [2.75, 3.05) is 57.8 Å². The van der Waals surface area contributed by atoms with Crippen molar-refractivity contribution in [3.63, 3.8) is 0 Å². The number of carbonyl (C=O) groups excluding carboxylic acids is 3. The molecule has 1 aliphatic rings. The van der Waals surface area contributed by atoms with Crippen LogP contribution in [-0.2, 0) is 9.59 Å². The van der Waals surface area contributed by atoms with Crippen molar-refractivity contribution in [3.8, 4) is 0 Å². The number of nitrogens with zero attached hydrogens (tertiary/aromatic N) is 3. The summed E-state index contributed by atoms with van der Waals surface area (Å²) < 4.78 is 0. The van der Waals surface area contributed by atoms with Gasteiger partial charge < -0.3 is 15.1 Å². The Labute approximate surface area is 161 Å². The Morgan fingerprint density at radius 3 is 2.26 bits per heavy atom. The summed E-state index contributed by atoms with van der Waals surface area (Å²) in [6.45, 7) is 7.85. The van der Waals surface area contributed by atoms with Gasteiger partial charge in [0.25, 0.3) is 0 Å². The van der Waals surface area contributed by atoms with E-state index in [2.05, 4.69) is 15.1 Å². The topological polar surface area (TPSA) is 73.0 Å². The SMILES string of the molecule is CCCNC(=O)CN(C)C(=O)CN1CCN(c2ccc(C(C)=O)cc2)CC1. The highest BCUT2D eigenvalue weighted by atomic mass is 16.2. The number of likely N-dealkylation sites (N-methyl/N-ethyl adjacent to an activating group) is 1. The molecule has 0 bridgehead atoms. The summed E-state index contributed by atoms with van der Waals surface area (Å²) in [5.74, 6) is -0.0928. The van der Waals surface area contributed by atoms with Crippen LogP contribution in [0.1, 0.15) is 30.6 Å². The van der Waals surface area contributed by atoms with Crippen LogP contribution >= 0.6 is 0 Å². The van der Waals surface area contributed by atoms with Gasteiger partial charge in [0.15, 0.2) is 5.78 Å². The molecule has 7 heteroatoms. The number of hydrogen-bond acceptors (Lipinski definition) is 5. The molecule has 0 saturated carbocycles. The minimum Gasteiger partial charge on any atom is -0.369 e. The molecule has 1 aliphatic heterocycles. The summed E-state index contributed by atoms with van der Waals surface area (Å²) >= 11 is 0. The summed E-state index contributed by atoms with van der Waals surface area (Å²) in [5, 5.41) is 2.78. The molecule has 1 aromatic rings. The predicted molar refractivity (Wildman–Crippen MR) is 106 cm³/mol. The summed E-state index contributed by atoms with van der Waals surface area (Å²) in [6.07, 6.45) is 0.880. The number of carbonyl (C=O) groups is 3. The van der Waals surface area contributed by atoms with Gasteiger partial charge in [-0.2, -0.15) is 0 Å². The van der Waals surface area contributed by atoms with Gasteiger partial charge in [-0.05, 0) is 37.6 Å². The summed E-state index contributed by atoms with van der Waals surface area (Å²) in [6, 6.07) is 7.65. The Hall–Kier alpha value is -2.41. The van der Waals surface area contributed by atoms with Gasteiger partial charge in [-0.1, -0.05) is 6.92 Å². The van der Waals surface area contributed by atoms with Crippen LogP contribution in [0.25, 0.3) is 0 Å². The number of ketones is 1. The smallest absolute Gasteiger partial charge is 0.239 e. The maximum absolute atomic E-state index is 12.3. The molecule has 0 unspecified atom stereocenters. The highest BCUT2D eigenvalue weighted by molar-refractivity contribution is 5.94. The molecule has 0 aliphatic carbocycles. The van der Waals surface area contributed by atoms with E-state index in [0.29, 0.717) is 18.7 Å². The lowest BCUT2D eigenvalue weighted by molar-refractivity contribution is -0.135. The van der Waals surface area contributed by atoms with Crippen molar-refractivity contribution in [1.29, 1.82) is 0 Å². The summed E-state index contributed by atoms with van der Waals surface area (Å²) in [5.41, 5.74) is 1.81. The second kappa shape index (κ2) is 10.1. The van der Waals surface area contributed by atoms with Crippen LogP contribution in [0.2, 0.25) is 0 Å². The highest BCUT2D eigenvalue weighted by Gasteiger charge is 2.21. The third-order valence-corrected chi connectivity index (χ3v) is 4.75. The van der Waals surface area contributed by atoms with Crippen molar-refractivity contribution >= 4 is 23.3 Å². The molecule has 0 spiro atoms. The van der Waals surface area contributed by atoms with Crippen molar-refractivity contribution in [2.24, 2.45) is 0 Å². The second-order valence-corrected chi connectivity index (χ2v) is 6.97. The molecule has 0 radical (unpaired) electrons. The van der Waals surface area contributed by atoms with Gasteiger partial charge in [0, 0.05) is 51.0 Å². The number of rotatable bonds is 8. The lowest BCUT2D eigenvalue weighted by Gasteiger charge is -2.36.